The molecule has 0 atom stereocenters. The summed E-state index contributed by atoms with van der Waals surface area (Å²) < 4.78 is 2.12. The number of H-pyrrole nitrogens is 1. The van der Waals surface area contributed by atoms with Crippen LogP contribution >= 0.6 is 23.6 Å². The van der Waals surface area contributed by atoms with Gasteiger partial charge in [-0.15, -0.1) is 5.10 Å². The Hall–Kier alpha value is -1.21. The molecule has 2 N–H and O–H groups in total. The number of aryl methyl sites for hydroxylation is 1. The fourth-order valence-corrected chi connectivity index (χ4v) is 2.63. The van der Waals surface area contributed by atoms with Gasteiger partial charge in [0.1, 0.15) is 4.88 Å². The SMILES string of the molecule is CCc1c(C(=O)O)sc2n[nH]c(=S)n12. The second kappa shape index (κ2) is 3.18. The van der Waals surface area contributed by atoms with Gasteiger partial charge in [0.15, 0.2) is 0 Å². The number of aromatic amines is 1. The molecule has 0 aliphatic rings. The lowest BCUT2D eigenvalue weighted by atomic mass is 10.3. The minimum atomic E-state index is -0.924. The Morgan fingerprint density at radius 3 is 3.07 bits per heavy atom. The third-order valence-electron chi connectivity index (χ3n) is 1.90. The molecule has 0 aromatic carbocycles. The van der Waals surface area contributed by atoms with Crippen molar-refractivity contribution < 1.29 is 9.90 Å². The Kier molecular flexibility index (Phi) is 2.12. The molecular weight excluding hydrogens is 222 g/mol. The van der Waals surface area contributed by atoms with E-state index in [1.54, 1.807) is 4.40 Å². The Morgan fingerprint density at radius 2 is 2.50 bits per heavy atom. The number of carboxylic acid groups (broad SMARTS) is 1. The predicted octanol–water partition coefficient (Wildman–Crippen LogP) is 1.71. The van der Waals surface area contributed by atoms with E-state index < -0.39 is 5.97 Å². The Labute approximate surface area is 88.0 Å². The molecule has 5 nitrogen and oxygen atoms in total. The van der Waals surface area contributed by atoms with Crippen LogP contribution in [-0.4, -0.2) is 25.7 Å². The first-order valence-corrected chi connectivity index (χ1v) is 5.19. The van der Waals surface area contributed by atoms with Crippen molar-refractivity contribution in [1.82, 2.24) is 14.6 Å². The van der Waals surface area contributed by atoms with Crippen molar-refractivity contribution in [3.05, 3.63) is 15.3 Å². The van der Waals surface area contributed by atoms with Crippen LogP contribution in [0.15, 0.2) is 0 Å². The third-order valence-corrected chi connectivity index (χ3v) is 3.24. The molecule has 14 heavy (non-hydrogen) atoms. The number of rotatable bonds is 2. The second-order valence-electron chi connectivity index (χ2n) is 2.68. The number of carboxylic acids is 1. The van der Waals surface area contributed by atoms with Gasteiger partial charge in [-0.25, -0.2) is 4.79 Å². The van der Waals surface area contributed by atoms with E-state index in [4.69, 9.17) is 17.3 Å². The van der Waals surface area contributed by atoms with Crippen LogP contribution < -0.4 is 0 Å². The topological polar surface area (TPSA) is 70.4 Å². The van der Waals surface area contributed by atoms with Crippen LogP contribution in [0.4, 0.5) is 0 Å². The third kappa shape index (κ3) is 1.17. The monoisotopic (exact) mass is 229 g/mol. The molecule has 74 valence electrons. The van der Waals surface area contributed by atoms with E-state index in [1.165, 1.54) is 0 Å². The largest absolute Gasteiger partial charge is 0.477 e. The van der Waals surface area contributed by atoms with Crippen molar-refractivity contribution in [3.8, 4) is 0 Å². The van der Waals surface area contributed by atoms with Crippen LogP contribution in [0, 0.1) is 4.77 Å². The summed E-state index contributed by atoms with van der Waals surface area (Å²) in [5, 5.41) is 15.5. The lowest BCUT2D eigenvalue weighted by Crippen LogP contribution is -2.00. The van der Waals surface area contributed by atoms with Crippen LogP contribution in [0.1, 0.15) is 22.3 Å². The Bertz CT molecular complexity index is 551. The van der Waals surface area contributed by atoms with E-state index in [1.807, 2.05) is 6.92 Å². The van der Waals surface area contributed by atoms with Crippen molar-refractivity contribution in [2.45, 2.75) is 13.3 Å². The average Bonchev–Trinajstić information content (AvgIpc) is 2.66. The lowest BCUT2D eigenvalue weighted by molar-refractivity contribution is 0.0700. The molecule has 0 bridgehead atoms. The molecule has 2 aromatic rings. The minimum Gasteiger partial charge on any atom is -0.477 e. The second-order valence-corrected chi connectivity index (χ2v) is 4.05. The van der Waals surface area contributed by atoms with Gasteiger partial charge in [0, 0.05) is 0 Å². The van der Waals surface area contributed by atoms with Crippen LogP contribution in [0.2, 0.25) is 0 Å². The summed E-state index contributed by atoms with van der Waals surface area (Å²) in [4.78, 5) is 11.8. The summed E-state index contributed by atoms with van der Waals surface area (Å²) >= 11 is 6.13. The van der Waals surface area contributed by atoms with Gasteiger partial charge in [-0.1, -0.05) is 18.3 Å². The number of aromatic nitrogens is 3. The van der Waals surface area contributed by atoms with Gasteiger partial charge in [0.2, 0.25) is 9.73 Å². The number of thiazole rings is 1. The molecule has 2 aromatic heterocycles. The van der Waals surface area contributed by atoms with Gasteiger partial charge in [-0.3, -0.25) is 9.50 Å². The molecule has 0 saturated heterocycles. The highest BCUT2D eigenvalue weighted by molar-refractivity contribution is 7.71. The number of aromatic carboxylic acids is 1. The maximum Gasteiger partial charge on any atom is 0.347 e. The van der Waals surface area contributed by atoms with Crippen LogP contribution in [-0.2, 0) is 6.42 Å². The summed E-state index contributed by atoms with van der Waals surface area (Å²) in [6.45, 7) is 1.89. The van der Waals surface area contributed by atoms with Gasteiger partial charge in [0.05, 0.1) is 5.69 Å². The zero-order valence-corrected chi connectivity index (χ0v) is 8.91. The fraction of sp³-hybridized carbons (Fsp3) is 0.286. The van der Waals surface area contributed by atoms with E-state index in [0.29, 0.717) is 26.7 Å². The van der Waals surface area contributed by atoms with Gasteiger partial charge >= 0.3 is 5.97 Å². The van der Waals surface area contributed by atoms with E-state index >= 15 is 0 Å². The van der Waals surface area contributed by atoms with Crippen LogP contribution in [0.25, 0.3) is 4.96 Å². The maximum atomic E-state index is 10.9. The first-order valence-electron chi connectivity index (χ1n) is 3.97. The normalized spacial score (nSPS) is 10.9. The first-order chi connectivity index (χ1) is 6.65. The highest BCUT2D eigenvalue weighted by Crippen LogP contribution is 2.22. The Balaban J connectivity index is 2.87. The minimum absolute atomic E-state index is 0.315. The molecule has 0 aliphatic carbocycles. The fourth-order valence-electron chi connectivity index (χ4n) is 1.33. The first kappa shape index (κ1) is 9.35. The van der Waals surface area contributed by atoms with Gasteiger partial charge < -0.3 is 5.11 Å². The Morgan fingerprint density at radius 1 is 1.79 bits per heavy atom. The highest BCUT2D eigenvalue weighted by Gasteiger charge is 2.17. The number of hydrogen-bond acceptors (Lipinski definition) is 4. The summed E-state index contributed by atoms with van der Waals surface area (Å²) in [6, 6.07) is 0. The van der Waals surface area contributed by atoms with Crippen molar-refractivity contribution in [1.29, 1.82) is 0 Å². The summed E-state index contributed by atoms with van der Waals surface area (Å²) in [5.41, 5.74) is 0.705. The molecular formula is C7H7N3O2S2. The van der Waals surface area contributed by atoms with E-state index in [9.17, 15) is 4.79 Å². The lowest BCUT2D eigenvalue weighted by Gasteiger charge is -1.94. The van der Waals surface area contributed by atoms with Gasteiger partial charge in [0.25, 0.3) is 0 Å². The zero-order chi connectivity index (χ0) is 10.3. The highest BCUT2D eigenvalue weighted by atomic mass is 32.1. The smallest absolute Gasteiger partial charge is 0.347 e. The molecule has 2 heterocycles. The molecule has 7 heteroatoms. The molecule has 0 radical (unpaired) electrons. The zero-order valence-electron chi connectivity index (χ0n) is 7.27. The summed E-state index contributed by atoms with van der Waals surface area (Å²) in [6.07, 6.45) is 0.621. The van der Waals surface area contributed by atoms with Crippen LogP contribution in [0.3, 0.4) is 0 Å². The van der Waals surface area contributed by atoms with Crippen molar-refractivity contribution in [3.63, 3.8) is 0 Å². The van der Waals surface area contributed by atoms with Crippen molar-refractivity contribution >= 4 is 34.5 Å². The number of nitrogens with zero attached hydrogens (tertiary/aromatic N) is 2. The van der Waals surface area contributed by atoms with E-state index in [0.717, 1.165) is 11.3 Å². The van der Waals surface area contributed by atoms with Crippen molar-refractivity contribution in [2.75, 3.05) is 0 Å². The van der Waals surface area contributed by atoms with Gasteiger partial charge in [-0.05, 0) is 18.6 Å². The summed E-state index contributed by atoms with van der Waals surface area (Å²) in [7, 11) is 0. The molecule has 0 saturated carbocycles. The average molecular weight is 229 g/mol. The number of carbonyl (C=O) groups is 1. The molecule has 2 rings (SSSR count). The van der Waals surface area contributed by atoms with Crippen LogP contribution in [0.5, 0.6) is 0 Å². The molecule has 0 amide bonds. The number of nitrogens with one attached hydrogen (secondary N) is 1. The number of hydrogen-bond donors (Lipinski definition) is 2. The predicted molar refractivity (Wildman–Crippen MR) is 54.6 cm³/mol. The molecule has 0 aliphatic heterocycles. The van der Waals surface area contributed by atoms with Crippen molar-refractivity contribution in [2.24, 2.45) is 0 Å². The standard InChI is InChI=1S/C7H7N3O2S2/c1-2-3-4(5(11)12)14-7-9-8-6(13)10(3)7/h2H2,1H3,(H,8,13)(H,11,12). The summed E-state index contributed by atoms with van der Waals surface area (Å²) in [5.74, 6) is -0.924. The number of fused-ring (bicyclic) bond motifs is 1. The molecule has 0 spiro atoms. The molecule has 0 unspecified atom stereocenters. The van der Waals surface area contributed by atoms with Gasteiger partial charge in [-0.2, -0.15) is 0 Å². The quantitative estimate of drug-likeness (QED) is 0.769. The molecule has 0 fully saturated rings. The van der Waals surface area contributed by atoms with E-state index in [2.05, 4.69) is 10.2 Å². The maximum absolute atomic E-state index is 10.9. The van der Waals surface area contributed by atoms with E-state index in [-0.39, 0.29) is 0 Å².